The first-order chi connectivity index (χ1) is 8.76. The fraction of sp³-hybridized carbons (Fsp3) is 1.00. The summed E-state index contributed by atoms with van der Waals surface area (Å²) in [5.41, 5.74) is 0. The Hall–Kier alpha value is -0.160. The van der Waals surface area contributed by atoms with Gasteiger partial charge in [-0.3, -0.25) is 0 Å². The van der Waals surface area contributed by atoms with E-state index >= 15 is 0 Å². The van der Waals surface area contributed by atoms with Gasteiger partial charge in [-0.1, -0.05) is 0 Å². The third kappa shape index (κ3) is 1.52. The minimum absolute atomic E-state index is 0.101. The van der Waals surface area contributed by atoms with Crippen molar-refractivity contribution in [2.75, 3.05) is 26.4 Å². The van der Waals surface area contributed by atoms with Gasteiger partial charge in [0, 0.05) is 26.4 Å². The van der Waals surface area contributed by atoms with Crippen LogP contribution in [-0.2, 0) is 0 Å². The van der Waals surface area contributed by atoms with Crippen LogP contribution in [0.15, 0.2) is 0 Å². The lowest BCUT2D eigenvalue weighted by Gasteiger charge is -2.27. The molecule has 104 valence electrons. The number of rotatable bonds is 4. The van der Waals surface area contributed by atoms with Crippen molar-refractivity contribution >= 4 is 0 Å². The number of hydrogen-bond acceptors (Lipinski definition) is 4. The van der Waals surface area contributed by atoms with Crippen molar-refractivity contribution in [1.82, 2.24) is 0 Å². The second-order valence-electron chi connectivity index (χ2n) is 6.54. The number of hydrogen-bond donors (Lipinski definition) is 4. The molecule has 3 rings (SSSR count). The second-order valence-corrected chi connectivity index (χ2v) is 6.54. The van der Waals surface area contributed by atoms with Gasteiger partial charge < -0.3 is 20.4 Å². The smallest absolute Gasteiger partial charge is 0.0465 e. The van der Waals surface area contributed by atoms with E-state index in [2.05, 4.69) is 0 Å². The molecule has 4 N–H and O–H groups in total. The summed E-state index contributed by atoms with van der Waals surface area (Å²) in [5, 5.41) is 38.4. The quantitative estimate of drug-likeness (QED) is 0.557. The van der Waals surface area contributed by atoms with Gasteiger partial charge >= 0.3 is 0 Å². The fourth-order valence-corrected chi connectivity index (χ4v) is 5.76. The summed E-state index contributed by atoms with van der Waals surface area (Å²) >= 11 is 0. The Morgan fingerprint density at radius 3 is 1.39 bits per heavy atom. The van der Waals surface area contributed by atoms with Crippen LogP contribution in [0, 0.1) is 47.3 Å². The first kappa shape index (κ1) is 12.9. The highest BCUT2D eigenvalue weighted by molar-refractivity contribution is 5.11. The maximum absolute atomic E-state index is 9.66. The molecule has 2 unspecified atom stereocenters. The molecule has 0 aliphatic heterocycles. The fourth-order valence-electron chi connectivity index (χ4n) is 5.76. The number of aliphatic hydroxyl groups is 4. The molecule has 18 heavy (non-hydrogen) atoms. The molecule has 0 aromatic carbocycles. The van der Waals surface area contributed by atoms with Gasteiger partial charge in [0.05, 0.1) is 0 Å². The Kier molecular flexibility index (Phi) is 3.39. The Morgan fingerprint density at radius 2 is 1.06 bits per heavy atom. The highest BCUT2D eigenvalue weighted by Gasteiger charge is 2.63. The van der Waals surface area contributed by atoms with Gasteiger partial charge in [0.25, 0.3) is 0 Å². The van der Waals surface area contributed by atoms with Crippen molar-refractivity contribution in [3.8, 4) is 0 Å². The van der Waals surface area contributed by atoms with Crippen LogP contribution < -0.4 is 0 Å². The minimum atomic E-state index is 0.101. The summed E-state index contributed by atoms with van der Waals surface area (Å²) in [5.74, 6) is 2.59. The maximum Gasteiger partial charge on any atom is 0.0465 e. The predicted octanol–water partition coefficient (Wildman–Crippen LogP) is -0.294. The van der Waals surface area contributed by atoms with E-state index in [1.54, 1.807) is 0 Å². The SMILES string of the molecule is OC[C@H]1CC2C[C@@H](CO)[C@@H]3C2[C@H]1[C@H](CO)[C@@H]3CO. The molecule has 0 bridgehead atoms. The van der Waals surface area contributed by atoms with Crippen LogP contribution in [0.4, 0.5) is 0 Å². The lowest BCUT2D eigenvalue weighted by molar-refractivity contribution is 0.0644. The molecule has 0 spiro atoms. The molecule has 3 fully saturated rings. The van der Waals surface area contributed by atoms with Crippen LogP contribution in [0.25, 0.3) is 0 Å². The van der Waals surface area contributed by atoms with Gasteiger partial charge in [-0.05, 0) is 60.2 Å². The van der Waals surface area contributed by atoms with Crippen molar-refractivity contribution in [1.29, 1.82) is 0 Å². The summed E-state index contributed by atoms with van der Waals surface area (Å²) in [4.78, 5) is 0. The van der Waals surface area contributed by atoms with E-state index in [0.29, 0.717) is 23.7 Å². The topological polar surface area (TPSA) is 80.9 Å². The van der Waals surface area contributed by atoms with E-state index in [0.717, 1.165) is 12.8 Å². The molecule has 0 aromatic heterocycles. The standard InChI is InChI=1S/C14H24O4/c15-3-8-1-7-2-9(4-16)13-11(6-18)10(5-17)12(8)14(7)13/h7-18H,1-6H2/t7?,8-,9+,10-,11+,12-,13+,14?. The largest absolute Gasteiger partial charge is 0.396 e. The Labute approximate surface area is 108 Å². The summed E-state index contributed by atoms with van der Waals surface area (Å²) in [6.07, 6.45) is 2.07. The van der Waals surface area contributed by atoms with Gasteiger partial charge in [0.15, 0.2) is 0 Å². The van der Waals surface area contributed by atoms with Crippen molar-refractivity contribution in [3.63, 3.8) is 0 Å². The molecule has 4 nitrogen and oxygen atoms in total. The van der Waals surface area contributed by atoms with E-state index in [9.17, 15) is 20.4 Å². The molecule has 3 aliphatic carbocycles. The zero-order valence-corrected chi connectivity index (χ0v) is 10.7. The molecule has 0 saturated heterocycles. The Bertz CT molecular complexity index is 280. The Balaban J connectivity index is 1.93. The van der Waals surface area contributed by atoms with Gasteiger partial charge in [0.2, 0.25) is 0 Å². The third-order valence-corrected chi connectivity index (χ3v) is 6.16. The van der Waals surface area contributed by atoms with Crippen molar-refractivity contribution in [2.45, 2.75) is 12.8 Å². The summed E-state index contributed by atoms with van der Waals surface area (Å²) in [6.45, 7) is 0.597. The molecule has 0 heterocycles. The molecule has 0 aromatic rings. The lowest BCUT2D eigenvalue weighted by Crippen LogP contribution is -2.29. The zero-order valence-electron chi connectivity index (χ0n) is 10.7. The van der Waals surface area contributed by atoms with E-state index in [4.69, 9.17) is 0 Å². The second kappa shape index (κ2) is 4.75. The normalized spacial score (nSPS) is 54.0. The van der Waals surface area contributed by atoms with Gasteiger partial charge in [-0.15, -0.1) is 0 Å². The van der Waals surface area contributed by atoms with Crippen LogP contribution in [0.5, 0.6) is 0 Å². The van der Waals surface area contributed by atoms with Crippen LogP contribution >= 0.6 is 0 Å². The zero-order chi connectivity index (χ0) is 12.9. The van der Waals surface area contributed by atoms with E-state index < -0.39 is 0 Å². The first-order valence-electron chi connectivity index (χ1n) is 7.20. The first-order valence-corrected chi connectivity index (χ1v) is 7.20. The van der Waals surface area contributed by atoms with E-state index in [1.165, 1.54) is 0 Å². The summed E-state index contributed by atoms with van der Waals surface area (Å²) in [6, 6.07) is 0. The average molecular weight is 256 g/mol. The summed E-state index contributed by atoms with van der Waals surface area (Å²) in [7, 11) is 0. The Morgan fingerprint density at radius 1 is 0.611 bits per heavy atom. The van der Waals surface area contributed by atoms with Gasteiger partial charge in [0.1, 0.15) is 0 Å². The maximum atomic E-state index is 9.66. The van der Waals surface area contributed by atoms with Gasteiger partial charge in [-0.2, -0.15) is 0 Å². The monoisotopic (exact) mass is 256 g/mol. The van der Waals surface area contributed by atoms with E-state index in [-0.39, 0.29) is 50.1 Å². The number of aliphatic hydroxyl groups excluding tert-OH is 4. The van der Waals surface area contributed by atoms with E-state index in [1.807, 2.05) is 0 Å². The molecule has 3 saturated carbocycles. The van der Waals surface area contributed by atoms with Crippen LogP contribution in [0.1, 0.15) is 12.8 Å². The third-order valence-electron chi connectivity index (χ3n) is 6.16. The molecule has 3 aliphatic rings. The lowest BCUT2D eigenvalue weighted by atomic mass is 9.81. The average Bonchev–Trinajstić information content (AvgIpc) is 3.01. The van der Waals surface area contributed by atoms with Crippen molar-refractivity contribution < 1.29 is 20.4 Å². The van der Waals surface area contributed by atoms with Crippen LogP contribution in [0.3, 0.4) is 0 Å². The van der Waals surface area contributed by atoms with Crippen LogP contribution in [-0.4, -0.2) is 46.9 Å². The molecule has 0 amide bonds. The minimum Gasteiger partial charge on any atom is -0.396 e. The van der Waals surface area contributed by atoms with Crippen molar-refractivity contribution in [2.24, 2.45) is 47.3 Å². The summed E-state index contributed by atoms with van der Waals surface area (Å²) < 4.78 is 0. The van der Waals surface area contributed by atoms with Crippen LogP contribution in [0.2, 0.25) is 0 Å². The highest BCUT2D eigenvalue weighted by atomic mass is 16.3. The molecular formula is C14H24O4. The van der Waals surface area contributed by atoms with Crippen molar-refractivity contribution in [3.05, 3.63) is 0 Å². The predicted molar refractivity (Wildman–Crippen MR) is 65.5 cm³/mol. The molecule has 8 atom stereocenters. The highest BCUT2D eigenvalue weighted by Crippen LogP contribution is 2.65. The molecule has 4 heteroatoms. The molecular weight excluding hydrogens is 232 g/mol. The van der Waals surface area contributed by atoms with Gasteiger partial charge in [-0.25, -0.2) is 0 Å². The molecule has 0 radical (unpaired) electrons.